The third-order valence-corrected chi connectivity index (χ3v) is 1.91. The number of rotatable bonds is 7. The Morgan fingerprint density at radius 2 is 2.25 bits per heavy atom. The summed E-state index contributed by atoms with van der Waals surface area (Å²) >= 11 is 0. The quantitative estimate of drug-likeness (QED) is 0.765. The first-order valence-corrected chi connectivity index (χ1v) is 5.46. The van der Waals surface area contributed by atoms with Gasteiger partial charge in [-0.15, -0.1) is 0 Å². The third kappa shape index (κ3) is 4.44. The fourth-order valence-electron chi connectivity index (χ4n) is 1.25. The van der Waals surface area contributed by atoms with E-state index in [9.17, 15) is 0 Å². The van der Waals surface area contributed by atoms with E-state index < -0.39 is 0 Å². The van der Waals surface area contributed by atoms with Crippen LogP contribution in [0.3, 0.4) is 0 Å². The smallest absolute Gasteiger partial charge is 0.218 e. The maximum absolute atomic E-state index is 5.41. The van der Waals surface area contributed by atoms with E-state index >= 15 is 0 Å². The summed E-state index contributed by atoms with van der Waals surface area (Å²) in [7, 11) is 1.67. The topological polar surface area (TPSA) is 56.3 Å². The first-order valence-electron chi connectivity index (χ1n) is 5.46. The SMILES string of the molecule is CCCOc1cc(NC(C)COC)ncn1. The molecule has 1 rings (SSSR count). The Morgan fingerprint density at radius 1 is 1.44 bits per heavy atom. The molecule has 16 heavy (non-hydrogen) atoms. The van der Waals surface area contributed by atoms with Crippen LogP contribution < -0.4 is 10.1 Å². The molecule has 90 valence electrons. The molecule has 0 amide bonds. The highest BCUT2D eigenvalue weighted by atomic mass is 16.5. The standard InChI is InChI=1S/C11H19N3O2/c1-4-5-16-11-6-10(12-8-13-11)14-9(2)7-15-3/h6,8-9H,4-5,7H2,1-3H3,(H,12,13,14). The molecule has 0 saturated heterocycles. The van der Waals surface area contributed by atoms with Crippen LogP contribution in [0.15, 0.2) is 12.4 Å². The van der Waals surface area contributed by atoms with Crippen molar-refractivity contribution in [3.63, 3.8) is 0 Å². The van der Waals surface area contributed by atoms with Gasteiger partial charge in [-0.25, -0.2) is 9.97 Å². The van der Waals surface area contributed by atoms with E-state index in [1.165, 1.54) is 6.33 Å². The van der Waals surface area contributed by atoms with E-state index in [-0.39, 0.29) is 6.04 Å². The van der Waals surface area contributed by atoms with Crippen molar-refractivity contribution in [2.75, 3.05) is 25.6 Å². The largest absolute Gasteiger partial charge is 0.478 e. The highest BCUT2D eigenvalue weighted by Crippen LogP contribution is 2.12. The van der Waals surface area contributed by atoms with Gasteiger partial charge in [0.05, 0.1) is 13.2 Å². The molecule has 1 N–H and O–H groups in total. The van der Waals surface area contributed by atoms with Gasteiger partial charge in [-0.05, 0) is 13.3 Å². The Bertz CT molecular complexity index is 307. The normalized spacial score (nSPS) is 12.2. The maximum atomic E-state index is 5.41. The number of anilines is 1. The zero-order valence-corrected chi connectivity index (χ0v) is 10.1. The van der Waals surface area contributed by atoms with Crippen LogP contribution >= 0.6 is 0 Å². The van der Waals surface area contributed by atoms with E-state index in [1.807, 2.05) is 6.92 Å². The van der Waals surface area contributed by atoms with E-state index in [1.54, 1.807) is 13.2 Å². The molecule has 0 aliphatic carbocycles. The van der Waals surface area contributed by atoms with Crippen LogP contribution in [0.25, 0.3) is 0 Å². The minimum Gasteiger partial charge on any atom is -0.478 e. The molecule has 0 aromatic carbocycles. The predicted octanol–water partition coefficient (Wildman–Crippen LogP) is 1.71. The summed E-state index contributed by atoms with van der Waals surface area (Å²) in [6.45, 7) is 5.39. The molecule has 1 aromatic heterocycles. The van der Waals surface area contributed by atoms with Crippen molar-refractivity contribution >= 4 is 5.82 Å². The molecule has 0 saturated carbocycles. The Hall–Kier alpha value is -1.36. The van der Waals surface area contributed by atoms with Crippen LogP contribution in [-0.2, 0) is 4.74 Å². The molecular weight excluding hydrogens is 206 g/mol. The average Bonchev–Trinajstić information content (AvgIpc) is 2.27. The van der Waals surface area contributed by atoms with Crippen molar-refractivity contribution in [2.45, 2.75) is 26.3 Å². The van der Waals surface area contributed by atoms with Gasteiger partial charge in [-0.3, -0.25) is 0 Å². The molecule has 5 nitrogen and oxygen atoms in total. The fraction of sp³-hybridized carbons (Fsp3) is 0.636. The Balaban J connectivity index is 2.52. The highest BCUT2D eigenvalue weighted by Gasteiger charge is 2.03. The molecule has 0 aliphatic heterocycles. The van der Waals surface area contributed by atoms with Crippen LogP contribution in [0.1, 0.15) is 20.3 Å². The lowest BCUT2D eigenvalue weighted by Crippen LogP contribution is -2.21. The van der Waals surface area contributed by atoms with Gasteiger partial charge >= 0.3 is 0 Å². The first-order chi connectivity index (χ1) is 7.76. The molecule has 5 heteroatoms. The van der Waals surface area contributed by atoms with E-state index in [0.717, 1.165) is 12.2 Å². The lowest BCUT2D eigenvalue weighted by atomic mass is 10.3. The second-order valence-electron chi connectivity index (χ2n) is 3.59. The summed E-state index contributed by atoms with van der Waals surface area (Å²) in [5.41, 5.74) is 0. The molecule has 0 radical (unpaired) electrons. The minimum atomic E-state index is 0.207. The van der Waals surface area contributed by atoms with Crippen LogP contribution in [-0.4, -0.2) is 36.3 Å². The number of hydrogen-bond acceptors (Lipinski definition) is 5. The summed E-state index contributed by atoms with van der Waals surface area (Å²) in [4.78, 5) is 8.14. The summed E-state index contributed by atoms with van der Waals surface area (Å²) in [6.07, 6.45) is 2.46. The van der Waals surface area contributed by atoms with E-state index in [4.69, 9.17) is 9.47 Å². The zero-order valence-electron chi connectivity index (χ0n) is 10.1. The first kappa shape index (κ1) is 12.7. The predicted molar refractivity (Wildman–Crippen MR) is 62.8 cm³/mol. The summed E-state index contributed by atoms with van der Waals surface area (Å²) in [5, 5.41) is 3.20. The number of methoxy groups -OCH3 is 1. The Kier molecular flexibility index (Phi) is 5.56. The van der Waals surface area contributed by atoms with Gasteiger partial charge in [-0.1, -0.05) is 6.92 Å². The van der Waals surface area contributed by atoms with Gasteiger partial charge in [0.2, 0.25) is 5.88 Å². The lowest BCUT2D eigenvalue weighted by Gasteiger charge is -2.13. The van der Waals surface area contributed by atoms with E-state index in [0.29, 0.717) is 19.1 Å². The molecular formula is C11H19N3O2. The Labute approximate surface area is 96.2 Å². The zero-order chi connectivity index (χ0) is 11.8. The number of nitrogens with one attached hydrogen (secondary N) is 1. The third-order valence-electron chi connectivity index (χ3n) is 1.91. The fourth-order valence-corrected chi connectivity index (χ4v) is 1.25. The second kappa shape index (κ2) is 7.00. The molecule has 1 atom stereocenters. The van der Waals surface area contributed by atoms with E-state index in [2.05, 4.69) is 22.2 Å². The molecule has 0 spiro atoms. The number of nitrogens with zero attached hydrogens (tertiary/aromatic N) is 2. The van der Waals surface area contributed by atoms with Crippen LogP contribution in [0, 0.1) is 0 Å². The van der Waals surface area contributed by atoms with Crippen molar-refractivity contribution in [3.05, 3.63) is 12.4 Å². The summed E-state index contributed by atoms with van der Waals surface area (Å²) in [6, 6.07) is 2.00. The van der Waals surface area contributed by atoms with Crippen LogP contribution in [0.2, 0.25) is 0 Å². The van der Waals surface area contributed by atoms with Crippen LogP contribution in [0.5, 0.6) is 5.88 Å². The molecule has 0 fully saturated rings. The van der Waals surface area contributed by atoms with Gasteiger partial charge in [0, 0.05) is 19.2 Å². The highest BCUT2D eigenvalue weighted by molar-refractivity contribution is 5.37. The molecule has 1 aromatic rings. The van der Waals surface area contributed by atoms with Crippen LogP contribution in [0.4, 0.5) is 5.82 Å². The number of ether oxygens (including phenoxy) is 2. The summed E-state index contributed by atoms with van der Waals surface area (Å²) < 4.78 is 10.4. The molecule has 1 heterocycles. The van der Waals surface area contributed by atoms with Crippen molar-refractivity contribution in [1.29, 1.82) is 0 Å². The Morgan fingerprint density at radius 3 is 2.94 bits per heavy atom. The molecule has 0 aliphatic rings. The second-order valence-corrected chi connectivity index (χ2v) is 3.59. The van der Waals surface area contributed by atoms with Gasteiger partial charge in [0.1, 0.15) is 12.1 Å². The monoisotopic (exact) mass is 225 g/mol. The average molecular weight is 225 g/mol. The maximum Gasteiger partial charge on any atom is 0.218 e. The van der Waals surface area contributed by atoms with Crippen molar-refractivity contribution in [1.82, 2.24) is 9.97 Å². The van der Waals surface area contributed by atoms with Gasteiger partial charge in [0.25, 0.3) is 0 Å². The number of hydrogen-bond donors (Lipinski definition) is 1. The summed E-state index contributed by atoms with van der Waals surface area (Å²) in [5.74, 6) is 1.36. The minimum absolute atomic E-state index is 0.207. The van der Waals surface area contributed by atoms with Crippen molar-refractivity contribution in [2.24, 2.45) is 0 Å². The van der Waals surface area contributed by atoms with Gasteiger partial charge in [0.15, 0.2) is 0 Å². The van der Waals surface area contributed by atoms with Crippen molar-refractivity contribution in [3.8, 4) is 5.88 Å². The van der Waals surface area contributed by atoms with Gasteiger partial charge < -0.3 is 14.8 Å². The molecule has 1 unspecified atom stereocenters. The molecule has 0 bridgehead atoms. The van der Waals surface area contributed by atoms with Crippen molar-refractivity contribution < 1.29 is 9.47 Å². The lowest BCUT2D eigenvalue weighted by molar-refractivity contribution is 0.190. The van der Waals surface area contributed by atoms with Gasteiger partial charge in [-0.2, -0.15) is 0 Å². The number of aromatic nitrogens is 2.